The third kappa shape index (κ3) is 3.38. The summed E-state index contributed by atoms with van der Waals surface area (Å²) in [5.41, 5.74) is 0.729. The maximum atomic E-state index is 14.0. The second-order valence-corrected chi connectivity index (χ2v) is 8.91. The van der Waals surface area contributed by atoms with Crippen LogP contribution in [0.15, 0.2) is 78.9 Å². The van der Waals surface area contributed by atoms with Gasteiger partial charge in [-0.25, -0.2) is 0 Å². The Hall–Kier alpha value is -1.53. The van der Waals surface area contributed by atoms with E-state index in [-0.39, 0.29) is 0 Å². The molecule has 3 aromatic rings. The van der Waals surface area contributed by atoms with Gasteiger partial charge in [0, 0.05) is 26.8 Å². The Balaban J connectivity index is 2.16. The van der Waals surface area contributed by atoms with E-state index in [2.05, 4.69) is 0 Å². The highest BCUT2D eigenvalue weighted by Crippen LogP contribution is 2.49. The van der Waals surface area contributed by atoms with Crippen molar-refractivity contribution in [1.82, 2.24) is 0 Å². The fraction of sp³-hybridized carbons (Fsp3) is 0.0526. The minimum atomic E-state index is -2.87. The van der Waals surface area contributed by atoms with Gasteiger partial charge in [0.25, 0.3) is 0 Å². The second kappa shape index (κ2) is 6.93. The molecule has 0 aromatic heterocycles. The van der Waals surface area contributed by atoms with Crippen LogP contribution in [0.25, 0.3) is 0 Å². The lowest BCUT2D eigenvalue weighted by molar-refractivity contribution is 0.586. The van der Waals surface area contributed by atoms with Gasteiger partial charge in [0.15, 0.2) is 0 Å². The van der Waals surface area contributed by atoms with Crippen molar-refractivity contribution in [1.29, 1.82) is 0 Å². The summed E-state index contributed by atoms with van der Waals surface area (Å²) in [4.78, 5) is 0. The smallest absolute Gasteiger partial charge is 0.147 e. The molecule has 0 saturated heterocycles. The fourth-order valence-electron chi connectivity index (χ4n) is 2.58. The Morgan fingerprint density at radius 2 is 1.09 bits per heavy atom. The Labute approximate surface area is 146 Å². The van der Waals surface area contributed by atoms with Gasteiger partial charge in [0.2, 0.25) is 0 Å². The summed E-state index contributed by atoms with van der Waals surface area (Å²) < 4.78 is 14.0. The molecule has 4 heteroatoms. The number of halogens is 2. The van der Waals surface area contributed by atoms with Crippen LogP contribution >= 0.6 is 30.3 Å². The molecular formula is C19H15Cl2OP. The number of rotatable bonds is 4. The van der Waals surface area contributed by atoms with Crippen LogP contribution in [0.5, 0.6) is 0 Å². The minimum absolute atomic E-state index is 0.305. The van der Waals surface area contributed by atoms with Gasteiger partial charge in [-0.05, 0) is 17.7 Å². The van der Waals surface area contributed by atoms with E-state index in [0.717, 1.165) is 16.2 Å². The summed E-state index contributed by atoms with van der Waals surface area (Å²) >= 11 is 12.6. The standard InChI is InChI=1S/C19H15Cl2OP/c20-18-12-7-13-19(21)17(18)14-23(22,15-8-3-1-4-9-15)16-10-5-2-6-11-16/h1-13H,14H2. The average Bonchev–Trinajstić information content (AvgIpc) is 2.60. The molecule has 3 aromatic carbocycles. The van der Waals surface area contributed by atoms with Crippen LogP contribution in [0.1, 0.15) is 5.56 Å². The van der Waals surface area contributed by atoms with E-state index in [1.54, 1.807) is 18.2 Å². The van der Waals surface area contributed by atoms with Gasteiger partial charge in [-0.3, -0.25) is 0 Å². The van der Waals surface area contributed by atoms with Crippen molar-refractivity contribution in [2.75, 3.05) is 0 Å². The van der Waals surface area contributed by atoms with Crippen LogP contribution in [0, 0.1) is 0 Å². The summed E-state index contributed by atoms with van der Waals surface area (Å²) in [6.45, 7) is 0. The van der Waals surface area contributed by atoms with Crippen molar-refractivity contribution in [3.8, 4) is 0 Å². The predicted molar refractivity (Wildman–Crippen MR) is 99.9 cm³/mol. The molecule has 0 heterocycles. The van der Waals surface area contributed by atoms with Crippen LogP contribution in [0.2, 0.25) is 10.0 Å². The third-order valence-corrected chi connectivity index (χ3v) is 7.52. The highest BCUT2D eigenvalue weighted by atomic mass is 35.5. The highest BCUT2D eigenvalue weighted by Gasteiger charge is 2.29. The molecule has 0 bridgehead atoms. The lowest BCUT2D eigenvalue weighted by atomic mass is 10.2. The van der Waals surface area contributed by atoms with Crippen LogP contribution < -0.4 is 10.6 Å². The summed E-state index contributed by atoms with van der Waals surface area (Å²) in [5, 5.41) is 2.71. The summed E-state index contributed by atoms with van der Waals surface area (Å²) in [6, 6.07) is 24.4. The molecule has 116 valence electrons. The fourth-order valence-corrected chi connectivity index (χ4v) is 6.05. The van der Waals surface area contributed by atoms with Crippen molar-refractivity contribution >= 4 is 41.0 Å². The first-order chi connectivity index (χ1) is 11.1. The quantitative estimate of drug-likeness (QED) is 0.560. The van der Waals surface area contributed by atoms with Gasteiger partial charge in [-0.1, -0.05) is 89.9 Å². The first-order valence-corrected chi connectivity index (χ1v) is 9.89. The minimum Gasteiger partial charge on any atom is -0.313 e. The number of benzene rings is 3. The topological polar surface area (TPSA) is 17.1 Å². The predicted octanol–water partition coefficient (Wildman–Crippen LogP) is 5.51. The average molecular weight is 361 g/mol. The van der Waals surface area contributed by atoms with Crippen molar-refractivity contribution in [3.05, 3.63) is 94.5 Å². The molecular weight excluding hydrogens is 346 g/mol. The SMILES string of the molecule is O=P(Cc1c(Cl)cccc1Cl)(c1ccccc1)c1ccccc1. The Morgan fingerprint density at radius 1 is 0.652 bits per heavy atom. The molecule has 0 aliphatic heterocycles. The molecule has 1 nitrogen and oxygen atoms in total. The van der Waals surface area contributed by atoms with Crippen LogP contribution in [0.4, 0.5) is 0 Å². The van der Waals surface area contributed by atoms with Crippen molar-refractivity contribution in [3.63, 3.8) is 0 Å². The van der Waals surface area contributed by atoms with Crippen molar-refractivity contribution in [2.45, 2.75) is 6.16 Å². The lowest BCUT2D eigenvalue weighted by Crippen LogP contribution is -2.17. The maximum Gasteiger partial charge on any atom is 0.147 e. The zero-order valence-corrected chi connectivity index (χ0v) is 14.7. The molecule has 0 unspecified atom stereocenters. The lowest BCUT2D eigenvalue weighted by Gasteiger charge is -2.20. The summed E-state index contributed by atoms with van der Waals surface area (Å²) in [6.07, 6.45) is 0.305. The molecule has 0 saturated carbocycles. The molecule has 0 spiro atoms. The number of hydrogen-bond donors (Lipinski definition) is 0. The monoisotopic (exact) mass is 360 g/mol. The molecule has 0 fully saturated rings. The van der Waals surface area contributed by atoms with E-state index in [0.29, 0.717) is 16.2 Å². The molecule has 3 rings (SSSR count). The molecule has 0 N–H and O–H groups in total. The zero-order valence-electron chi connectivity index (χ0n) is 12.3. The van der Waals surface area contributed by atoms with E-state index in [1.165, 1.54) is 0 Å². The second-order valence-electron chi connectivity index (χ2n) is 5.27. The number of hydrogen-bond acceptors (Lipinski definition) is 1. The van der Waals surface area contributed by atoms with Gasteiger partial charge in [0.1, 0.15) is 7.14 Å². The van der Waals surface area contributed by atoms with E-state index < -0.39 is 7.14 Å². The van der Waals surface area contributed by atoms with E-state index >= 15 is 0 Å². The Morgan fingerprint density at radius 3 is 1.52 bits per heavy atom. The first-order valence-electron chi connectivity index (χ1n) is 7.24. The van der Waals surface area contributed by atoms with E-state index in [9.17, 15) is 4.57 Å². The highest BCUT2D eigenvalue weighted by molar-refractivity contribution is 7.78. The third-order valence-electron chi connectivity index (χ3n) is 3.79. The van der Waals surface area contributed by atoms with Gasteiger partial charge in [-0.15, -0.1) is 0 Å². The van der Waals surface area contributed by atoms with Gasteiger partial charge < -0.3 is 4.57 Å². The van der Waals surface area contributed by atoms with Crippen LogP contribution in [0.3, 0.4) is 0 Å². The van der Waals surface area contributed by atoms with Gasteiger partial charge in [0.05, 0.1) is 0 Å². The van der Waals surface area contributed by atoms with Gasteiger partial charge in [-0.2, -0.15) is 0 Å². The maximum absolute atomic E-state index is 14.0. The Bertz CT molecular complexity index is 784. The summed E-state index contributed by atoms with van der Waals surface area (Å²) in [5.74, 6) is 0. The zero-order chi connectivity index (χ0) is 16.3. The van der Waals surface area contributed by atoms with Crippen molar-refractivity contribution < 1.29 is 4.57 Å². The van der Waals surface area contributed by atoms with Crippen molar-refractivity contribution in [2.24, 2.45) is 0 Å². The normalized spacial score (nSPS) is 11.4. The largest absolute Gasteiger partial charge is 0.313 e. The van der Waals surface area contributed by atoms with Crippen LogP contribution in [-0.2, 0) is 10.7 Å². The molecule has 23 heavy (non-hydrogen) atoms. The Kier molecular flexibility index (Phi) is 4.92. The van der Waals surface area contributed by atoms with Gasteiger partial charge >= 0.3 is 0 Å². The van der Waals surface area contributed by atoms with E-state index in [1.807, 2.05) is 60.7 Å². The van der Waals surface area contributed by atoms with E-state index in [4.69, 9.17) is 23.2 Å². The molecule has 0 atom stereocenters. The van der Waals surface area contributed by atoms with Crippen LogP contribution in [-0.4, -0.2) is 0 Å². The molecule has 0 aliphatic carbocycles. The summed E-state index contributed by atoms with van der Waals surface area (Å²) in [7, 11) is -2.87. The molecule has 0 aliphatic rings. The molecule has 0 amide bonds. The first kappa shape index (κ1) is 16.3. The molecule has 0 radical (unpaired) electrons.